The minimum absolute atomic E-state index is 0.321. The Bertz CT molecular complexity index is 876. The van der Waals surface area contributed by atoms with Crippen LogP contribution in [0.25, 0.3) is 0 Å². The van der Waals surface area contributed by atoms with E-state index < -0.39 is 5.97 Å². The van der Waals surface area contributed by atoms with Gasteiger partial charge in [-0.3, -0.25) is 9.69 Å². The number of nitrogens with zero attached hydrogens (tertiary/aromatic N) is 3. The molecule has 0 spiro atoms. The highest BCUT2D eigenvalue weighted by atomic mass is 32.2. The van der Waals surface area contributed by atoms with E-state index in [1.807, 2.05) is 0 Å². The number of nitrogens with one attached hydrogen (secondary N) is 1. The number of carboxylic acids is 1. The van der Waals surface area contributed by atoms with Crippen molar-refractivity contribution in [1.29, 1.82) is 0 Å². The fourth-order valence-corrected chi connectivity index (χ4v) is 5.73. The lowest BCUT2D eigenvalue weighted by Gasteiger charge is -2.38. The summed E-state index contributed by atoms with van der Waals surface area (Å²) < 4.78 is 0. The molecule has 4 heterocycles. The molecule has 0 amide bonds. The van der Waals surface area contributed by atoms with Crippen LogP contribution in [0.1, 0.15) is 37.7 Å². The van der Waals surface area contributed by atoms with Crippen molar-refractivity contribution in [2.24, 2.45) is 5.92 Å². The molecule has 2 atom stereocenters. The summed E-state index contributed by atoms with van der Waals surface area (Å²) >= 11 is 1.65. The zero-order valence-electron chi connectivity index (χ0n) is 15.0. The molecule has 0 aliphatic carbocycles. The van der Waals surface area contributed by atoms with Crippen LogP contribution in [0.4, 0.5) is 11.5 Å². The van der Waals surface area contributed by atoms with Gasteiger partial charge in [-0.1, -0.05) is 17.8 Å². The van der Waals surface area contributed by atoms with Crippen molar-refractivity contribution < 1.29 is 9.90 Å². The lowest BCUT2D eigenvalue weighted by atomic mass is 9.88. The molecule has 1 aromatic heterocycles. The van der Waals surface area contributed by atoms with E-state index in [4.69, 9.17) is 5.11 Å². The highest BCUT2D eigenvalue weighted by molar-refractivity contribution is 7.99. The molecule has 27 heavy (non-hydrogen) atoms. The van der Waals surface area contributed by atoms with Crippen molar-refractivity contribution in [1.82, 2.24) is 14.9 Å². The van der Waals surface area contributed by atoms with Crippen LogP contribution in [-0.2, 0) is 11.3 Å². The standard InChI is InChI=1S/C20H22N4O2S/c25-18(26)10-13-7-14-2-3-15(8-13)24(14)11-12-1-4-17-16(9-12)23-19-20(27-17)22-6-5-21-19/h1,4-6,9,13-15H,2-3,7-8,10-11H2,(H,21,23)(H,25,26). The molecule has 2 saturated heterocycles. The maximum Gasteiger partial charge on any atom is 0.303 e. The van der Waals surface area contributed by atoms with Gasteiger partial charge in [0.15, 0.2) is 5.82 Å². The van der Waals surface area contributed by atoms with Crippen molar-refractivity contribution >= 4 is 29.2 Å². The second-order valence-corrected chi connectivity index (χ2v) is 8.79. The average Bonchev–Trinajstić information content (AvgIpc) is 2.88. The third kappa shape index (κ3) is 3.30. The van der Waals surface area contributed by atoms with Crippen LogP contribution >= 0.6 is 11.8 Å². The zero-order chi connectivity index (χ0) is 18.4. The summed E-state index contributed by atoms with van der Waals surface area (Å²) in [6.07, 6.45) is 8.18. The van der Waals surface area contributed by atoms with Crippen LogP contribution in [0.15, 0.2) is 40.5 Å². The third-order valence-corrected chi connectivity index (χ3v) is 7.05. The number of aromatic nitrogens is 2. The molecule has 5 rings (SSSR count). The van der Waals surface area contributed by atoms with E-state index in [0.717, 1.165) is 35.9 Å². The van der Waals surface area contributed by atoms with Gasteiger partial charge in [0.05, 0.1) is 5.69 Å². The number of benzene rings is 1. The van der Waals surface area contributed by atoms with Gasteiger partial charge in [0.1, 0.15) is 5.03 Å². The average molecular weight is 382 g/mol. The number of carbonyl (C=O) groups is 1. The number of hydrogen-bond acceptors (Lipinski definition) is 6. The van der Waals surface area contributed by atoms with E-state index in [1.54, 1.807) is 24.2 Å². The Hall–Kier alpha value is -2.12. The number of aliphatic carboxylic acids is 1. The summed E-state index contributed by atoms with van der Waals surface area (Å²) in [6, 6.07) is 7.65. The summed E-state index contributed by atoms with van der Waals surface area (Å²) in [4.78, 5) is 23.6. The Kier molecular flexibility index (Phi) is 4.28. The SMILES string of the molecule is O=C(O)CC1CC2CCC(C1)N2Cc1ccc2c(c1)Nc1nccnc1S2. The molecule has 0 saturated carbocycles. The summed E-state index contributed by atoms with van der Waals surface area (Å²) in [5, 5.41) is 13.4. The van der Waals surface area contributed by atoms with E-state index in [-0.39, 0.29) is 0 Å². The molecular formula is C20H22N4O2S. The minimum Gasteiger partial charge on any atom is -0.481 e. The van der Waals surface area contributed by atoms with Crippen LogP contribution < -0.4 is 5.32 Å². The molecule has 140 valence electrons. The number of piperidine rings is 1. The fourth-order valence-electron chi connectivity index (χ4n) is 4.85. The van der Waals surface area contributed by atoms with Gasteiger partial charge in [-0.05, 0) is 49.3 Å². The van der Waals surface area contributed by atoms with Gasteiger partial charge in [0.25, 0.3) is 0 Å². The van der Waals surface area contributed by atoms with Crippen LogP contribution in [0.2, 0.25) is 0 Å². The maximum absolute atomic E-state index is 11.1. The number of hydrogen-bond donors (Lipinski definition) is 2. The van der Waals surface area contributed by atoms with Crippen LogP contribution in [-0.4, -0.2) is 38.0 Å². The topological polar surface area (TPSA) is 78.4 Å². The van der Waals surface area contributed by atoms with Crippen LogP contribution in [0.5, 0.6) is 0 Å². The molecule has 2 bridgehead atoms. The molecule has 2 N–H and O–H groups in total. The first kappa shape index (κ1) is 17.0. The minimum atomic E-state index is -0.658. The summed E-state index contributed by atoms with van der Waals surface area (Å²) in [6.45, 7) is 0.933. The number of carboxylic acid groups (broad SMARTS) is 1. The van der Waals surface area contributed by atoms with Crippen molar-refractivity contribution in [3.05, 3.63) is 36.2 Å². The second-order valence-electron chi connectivity index (χ2n) is 7.76. The quantitative estimate of drug-likeness (QED) is 0.708. The lowest BCUT2D eigenvalue weighted by molar-refractivity contribution is -0.138. The largest absolute Gasteiger partial charge is 0.481 e. The van der Waals surface area contributed by atoms with Gasteiger partial charge in [0, 0.05) is 42.3 Å². The Morgan fingerprint density at radius 3 is 2.78 bits per heavy atom. The predicted octanol–water partition coefficient (Wildman–Crippen LogP) is 3.90. The predicted molar refractivity (Wildman–Crippen MR) is 103 cm³/mol. The Morgan fingerprint density at radius 2 is 2.00 bits per heavy atom. The molecular weight excluding hydrogens is 360 g/mol. The summed E-state index contributed by atoms with van der Waals surface area (Å²) in [5.74, 6) is 0.504. The van der Waals surface area contributed by atoms with Gasteiger partial charge in [0.2, 0.25) is 0 Å². The van der Waals surface area contributed by atoms with Gasteiger partial charge in [-0.25, -0.2) is 9.97 Å². The fraction of sp³-hybridized carbons (Fsp3) is 0.450. The molecule has 7 heteroatoms. The Labute approximate surface area is 162 Å². The van der Waals surface area contributed by atoms with E-state index in [0.29, 0.717) is 24.4 Å². The van der Waals surface area contributed by atoms with Gasteiger partial charge >= 0.3 is 5.97 Å². The molecule has 2 unspecified atom stereocenters. The number of rotatable bonds is 4. The smallest absolute Gasteiger partial charge is 0.303 e. The highest BCUT2D eigenvalue weighted by Gasteiger charge is 2.41. The highest BCUT2D eigenvalue weighted by Crippen LogP contribution is 2.44. The van der Waals surface area contributed by atoms with Crippen LogP contribution in [0, 0.1) is 5.92 Å². The number of anilines is 2. The maximum atomic E-state index is 11.1. The first-order valence-electron chi connectivity index (χ1n) is 9.52. The first-order chi connectivity index (χ1) is 13.2. The van der Waals surface area contributed by atoms with Crippen molar-refractivity contribution in [3.8, 4) is 0 Å². The second kappa shape index (κ2) is 6.80. The molecule has 6 nitrogen and oxygen atoms in total. The van der Waals surface area contributed by atoms with Gasteiger partial charge in [-0.15, -0.1) is 0 Å². The molecule has 3 aliphatic rings. The summed E-state index contributed by atoms with van der Waals surface area (Å²) in [5.41, 5.74) is 2.39. The normalized spacial score (nSPS) is 26.1. The van der Waals surface area contributed by atoms with Crippen LogP contribution in [0.3, 0.4) is 0 Å². The van der Waals surface area contributed by atoms with E-state index in [2.05, 4.69) is 38.4 Å². The molecule has 3 aliphatic heterocycles. The van der Waals surface area contributed by atoms with Crippen molar-refractivity contribution in [2.45, 2.75) is 60.7 Å². The first-order valence-corrected chi connectivity index (χ1v) is 10.3. The van der Waals surface area contributed by atoms with Gasteiger partial charge < -0.3 is 10.4 Å². The molecule has 1 aromatic carbocycles. The lowest BCUT2D eigenvalue weighted by Crippen LogP contribution is -2.42. The number of fused-ring (bicyclic) bond motifs is 4. The molecule has 0 radical (unpaired) electrons. The van der Waals surface area contributed by atoms with Crippen molar-refractivity contribution in [3.63, 3.8) is 0 Å². The zero-order valence-corrected chi connectivity index (χ0v) is 15.8. The van der Waals surface area contributed by atoms with Crippen molar-refractivity contribution in [2.75, 3.05) is 5.32 Å². The molecule has 2 fully saturated rings. The monoisotopic (exact) mass is 382 g/mol. The van der Waals surface area contributed by atoms with E-state index in [1.165, 1.54) is 23.3 Å². The summed E-state index contributed by atoms with van der Waals surface area (Å²) in [7, 11) is 0. The Balaban J connectivity index is 1.31. The Morgan fingerprint density at radius 1 is 1.22 bits per heavy atom. The van der Waals surface area contributed by atoms with E-state index >= 15 is 0 Å². The third-order valence-electron chi connectivity index (χ3n) is 5.98. The van der Waals surface area contributed by atoms with E-state index in [9.17, 15) is 4.79 Å². The molecule has 2 aromatic rings. The van der Waals surface area contributed by atoms with Gasteiger partial charge in [-0.2, -0.15) is 0 Å².